The molecule has 0 aliphatic rings. The van der Waals surface area contributed by atoms with Crippen molar-refractivity contribution in [1.29, 1.82) is 0 Å². The summed E-state index contributed by atoms with van der Waals surface area (Å²) in [5, 5.41) is 0.440. The van der Waals surface area contributed by atoms with Crippen LogP contribution in [0.2, 0.25) is 0 Å². The highest BCUT2D eigenvalue weighted by Gasteiger charge is 2.19. The van der Waals surface area contributed by atoms with Crippen molar-refractivity contribution in [3.63, 3.8) is 0 Å². The Morgan fingerprint density at radius 1 is 1.53 bits per heavy atom. The molecule has 6 heteroatoms. The predicted molar refractivity (Wildman–Crippen MR) is 66.5 cm³/mol. The van der Waals surface area contributed by atoms with Gasteiger partial charge < -0.3 is 4.74 Å². The van der Waals surface area contributed by atoms with Crippen molar-refractivity contribution < 1.29 is 13.9 Å². The number of rotatable bonds is 2. The summed E-state index contributed by atoms with van der Waals surface area (Å²) in [5.74, 6) is -1.07. The third-order valence-corrected chi connectivity index (χ3v) is 3.60. The third-order valence-electron chi connectivity index (χ3n) is 2.11. The van der Waals surface area contributed by atoms with Gasteiger partial charge in [0.25, 0.3) is 0 Å². The maximum Gasteiger partial charge on any atom is 0.338 e. The van der Waals surface area contributed by atoms with Gasteiger partial charge in [0.2, 0.25) is 0 Å². The Bertz CT molecular complexity index is 570. The lowest BCUT2D eigenvalue weighted by molar-refractivity contribution is 0.0601. The fraction of sp³-hybridized carbons (Fsp3) is 0.0909. The first-order chi connectivity index (χ1) is 8.13. The van der Waals surface area contributed by atoms with Gasteiger partial charge in [0.1, 0.15) is 10.8 Å². The van der Waals surface area contributed by atoms with E-state index in [4.69, 9.17) is 0 Å². The van der Waals surface area contributed by atoms with Gasteiger partial charge in [-0.15, -0.1) is 11.3 Å². The summed E-state index contributed by atoms with van der Waals surface area (Å²) >= 11 is 4.50. The lowest BCUT2D eigenvalue weighted by Crippen LogP contribution is -2.04. The van der Waals surface area contributed by atoms with Crippen LogP contribution in [-0.2, 0) is 4.74 Å². The van der Waals surface area contributed by atoms with E-state index in [1.165, 1.54) is 36.6 Å². The van der Waals surface area contributed by atoms with Gasteiger partial charge >= 0.3 is 5.97 Å². The van der Waals surface area contributed by atoms with Crippen LogP contribution in [0.1, 0.15) is 10.4 Å². The van der Waals surface area contributed by atoms with Gasteiger partial charge in [-0.2, -0.15) is 0 Å². The highest BCUT2D eigenvalue weighted by Crippen LogP contribution is 2.32. The lowest BCUT2D eigenvalue weighted by atomic mass is 10.1. The van der Waals surface area contributed by atoms with Gasteiger partial charge in [0.15, 0.2) is 0 Å². The number of carbonyl (C=O) groups excluding carboxylic acids is 1. The molecule has 2 rings (SSSR count). The number of esters is 1. The van der Waals surface area contributed by atoms with Crippen molar-refractivity contribution in [1.82, 2.24) is 4.98 Å². The Labute approximate surface area is 109 Å². The smallest absolute Gasteiger partial charge is 0.338 e. The van der Waals surface area contributed by atoms with Crippen LogP contribution in [0.25, 0.3) is 10.6 Å². The number of aromatic nitrogens is 1. The Hall–Kier alpha value is -1.27. The first kappa shape index (κ1) is 12.2. The molecule has 17 heavy (non-hydrogen) atoms. The molecule has 88 valence electrons. The Balaban J connectivity index is 2.63. The molecule has 1 aromatic heterocycles. The van der Waals surface area contributed by atoms with Crippen molar-refractivity contribution in [2.75, 3.05) is 7.11 Å². The van der Waals surface area contributed by atoms with Crippen LogP contribution in [0, 0.1) is 5.82 Å². The lowest BCUT2D eigenvalue weighted by Gasteiger charge is -2.05. The number of carbonyl (C=O) groups is 1. The molecule has 2 aromatic rings. The summed E-state index contributed by atoms with van der Waals surface area (Å²) in [6.07, 6.45) is 1.56. The molecule has 0 unspecified atom stereocenters. The quantitative estimate of drug-likeness (QED) is 0.796. The van der Waals surface area contributed by atoms with Gasteiger partial charge in [0.05, 0.1) is 28.2 Å². The fourth-order valence-corrected chi connectivity index (χ4v) is 2.66. The molecule has 0 saturated carbocycles. The van der Waals surface area contributed by atoms with E-state index in [-0.39, 0.29) is 11.1 Å². The molecule has 0 bridgehead atoms. The highest BCUT2D eigenvalue weighted by molar-refractivity contribution is 9.11. The molecule has 0 saturated heterocycles. The Morgan fingerprint density at radius 2 is 2.29 bits per heavy atom. The van der Waals surface area contributed by atoms with Gasteiger partial charge in [-0.25, -0.2) is 14.2 Å². The summed E-state index contributed by atoms with van der Waals surface area (Å²) < 4.78 is 19.2. The maximum atomic E-state index is 13.8. The molecule has 1 aromatic carbocycles. The number of halogens is 2. The van der Waals surface area contributed by atoms with Crippen molar-refractivity contribution in [2.24, 2.45) is 0 Å². The first-order valence-electron chi connectivity index (χ1n) is 4.62. The normalized spacial score (nSPS) is 10.3. The Morgan fingerprint density at radius 3 is 2.88 bits per heavy atom. The van der Waals surface area contributed by atoms with E-state index in [0.717, 1.165) is 3.79 Å². The topological polar surface area (TPSA) is 39.2 Å². The molecule has 0 atom stereocenters. The van der Waals surface area contributed by atoms with E-state index < -0.39 is 11.8 Å². The van der Waals surface area contributed by atoms with Gasteiger partial charge in [-0.1, -0.05) is 6.07 Å². The monoisotopic (exact) mass is 315 g/mol. The minimum atomic E-state index is -0.578. The zero-order valence-electron chi connectivity index (χ0n) is 8.74. The van der Waals surface area contributed by atoms with Crippen molar-refractivity contribution in [3.05, 3.63) is 39.6 Å². The zero-order valence-corrected chi connectivity index (χ0v) is 11.1. The molecule has 0 amide bonds. The number of ether oxygens (including phenoxy) is 1. The second kappa shape index (κ2) is 4.93. The van der Waals surface area contributed by atoms with Gasteiger partial charge in [0, 0.05) is 0 Å². The number of nitrogens with zero attached hydrogens (tertiary/aromatic N) is 1. The standard InChI is InChI=1S/C11H7BrFNO2S/c1-16-11(15)6-3-2-4-7(13)9(6)10-14-5-8(12)17-10/h2-5H,1H3. The third kappa shape index (κ3) is 2.37. The minimum absolute atomic E-state index is 0.175. The second-order valence-corrected chi connectivity index (χ2v) is 5.53. The van der Waals surface area contributed by atoms with Crippen LogP contribution in [-0.4, -0.2) is 18.1 Å². The van der Waals surface area contributed by atoms with Crippen molar-refractivity contribution in [3.8, 4) is 10.6 Å². The average Bonchev–Trinajstić information content (AvgIpc) is 2.74. The van der Waals surface area contributed by atoms with Crippen LogP contribution < -0.4 is 0 Å². The summed E-state index contributed by atoms with van der Waals surface area (Å²) in [5.41, 5.74) is 0.351. The van der Waals surface area contributed by atoms with Crippen LogP contribution in [0.3, 0.4) is 0 Å². The highest BCUT2D eigenvalue weighted by atomic mass is 79.9. The summed E-state index contributed by atoms with van der Waals surface area (Å²) in [4.78, 5) is 15.6. The molecule has 0 radical (unpaired) electrons. The van der Waals surface area contributed by atoms with Crippen molar-refractivity contribution in [2.45, 2.75) is 0 Å². The van der Waals surface area contributed by atoms with Crippen LogP contribution in [0.4, 0.5) is 4.39 Å². The Kier molecular flexibility index (Phi) is 3.54. The van der Waals surface area contributed by atoms with Crippen LogP contribution >= 0.6 is 27.3 Å². The van der Waals surface area contributed by atoms with Crippen LogP contribution in [0.15, 0.2) is 28.2 Å². The van der Waals surface area contributed by atoms with E-state index in [1.807, 2.05) is 0 Å². The number of hydrogen-bond acceptors (Lipinski definition) is 4. The van der Waals surface area contributed by atoms with E-state index in [0.29, 0.717) is 5.01 Å². The SMILES string of the molecule is COC(=O)c1cccc(F)c1-c1ncc(Br)s1. The molecule has 1 heterocycles. The van der Waals surface area contributed by atoms with E-state index in [1.54, 1.807) is 6.20 Å². The molecular formula is C11H7BrFNO2S. The molecule has 0 fully saturated rings. The summed E-state index contributed by atoms with van der Waals surface area (Å²) in [6, 6.07) is 4.27. The number of hydrogen-bond donors (Lipinski definition) is 0. The second-order valence-electron chi connectivity index (χ2n) is 3.12. The largest absolute Gasteiger partial charge is 0.465 e. The van der Waals surface area contributed by atoms with E-state index in [9.17, 15) is 9.18 Å². The molecule has 0 N–H and O–H groups in total. The van der Waals surface area contributed by atoms with Gasteiger partial charge in [-0.3, -0.25) is 0 Å². The summed E-state index contributed by atoms with van der Waals surface area (Å²) in [6.45, 7) is 0. The number of thiazole rings is 1. The maximum absolute atomic E-state index is 13.8. The first-order valence-corrected chi connectivity index (χ1v) is 6.23. The molecular weight excluding hydrogens is 309 g/mol. The minimum Gasteiger partial charge on any atom is -0.465 e. The van der Waals surface area contributed by atoms with Crippen LogP contribution in [0.5, 0.6) is 0 Å². The molecule has 0 aliphatic carbocycles. The molecule has 0 aliphatic heterocycles. The van der Waals surface area contributed by atoms with E-state index >= 15 is 0 Å². The zero-order chi connectivity index (χ0) is 12.4. The van der Waals surface area contributed by atoms with E-state index in [2.05, 4.69) is 25.7 Å². The predicted octanol–water partition coefficient (Wildman–Crippen LogP) is 3.50. The van der Waals surface area contributed by atoms with Crippen molar-refractivity contribution >= 4 is 33.2 Å². The fourth-order valence-electron chi connectivity index (χ4n) is 1.39. The number of benzene rings is 1. The van der Waals surface area contributed by atoms with Gasteiger partial charge in [-0.05, 0) is 28.1 Å². The summed E-state index contributed by atoms with van der Waals surface area (Å²) in [7, 11) is 1.26. The molecule has 0 spiro atoms. The number of methoxy groups -OCH3 is 1. The molecule has 3 nitrogen and oxygen atoms in total. The average molecular weight is 316 g/mol.